The van der Waals surface area contributed by atoms with E-state index in [0.717, 1.165) is 0 Å². The molecule has 0 aliphatic heterocycles. The fourth-order valence-electron chi connectivity index (χ4n) is 1.29. The van der Waals surface area contributed by atoms with E-state index in [1.54, 1.807) is 0 Å². The first-order valence-corrected chi connectivity index (χ1v) is 6.58. The van der Waals surface area contributed by atoms with Crippen molar-refractivity contribution in [1.29, 1.82) is 0 Å². The normalized spacial score (nSPS) is 10.7. The molecule has 1 unspecified atom stereocenters. The van der Waals surface area contributed by atoms with Crippen molar-refractivity contribution in [1.82, 2.24) is 5.32 Å². The quantitative estimate of drug-likeness (QED) is 0.355. The molecular formula is C13H18N2O5S. The zero-order chi connectivity index (χ0) is 16.4. The van der Waals surface area contributed by atoms with E-state index in [9.17, 15) is 19.5 Å². The van der Waals surface area contributed by atoms with Crippen molar-refractivity contribution in [3.8, 4) is 5.75 Å². The Labute approximate surface area is 127 Å². The summed E-state index contributed by atoms with van der Waals surface area (Å²) in [5.74, 6) is -2.65. The molecule has 8 heteroatoms. The van der Waals surface area contributed by atoms with Gasteiger partial charge in [0.1, 0.15) is 17.4 Å². The Hall–Kier alpha value is -2.06. The van der Waals surface area contributed by atoms with Gasteiger partial charge in [-0.2, -0.15) is 12.6 Å². The van der Waals surface area contributed by atoms with Gasteiger partial charge in [0.2, 0.25) is 5.91 Å². The number of hydrogen-bond acceptors (Lipinski definition) is 7. The van der Waals surface area contributed by atoms with Gasteiger partial charge in [0.25, 0.3) is 0 Å². The number of para-hydroxylation sites is 1. The monoisotopic (exact) mass is 314 g/mol. The predicted molar refractivity (Wildman–Crippen MR) is 80.1 cm³/mol. The lowest BCUT2D eigenvalue weighted by molar-refractivity contribution is -0.141. The van der Waals surface area contributed by atoms with Crippen LogP contribution in [0.5, 0.6) is 5.75 Å². The average Bonchev–Trinajstić information content (AvgIpc) is 2.46. The molecule has 1 aromatic carbocycles. The topological polar surface area (TPSA) is 119 Å². The van der Waals surface area contributed by atoms with E-state index < -0.39 is 23.9 Å². The summed E-state index contributed by atoms with van der Waals surface area (Å²) in [7, 11) is 1.50. The Balaban J connectivity index is 0.00000191. The number of thiol groups is 1. The lowest BCUT2D eigenvalue weighted by atomic mass is 10.2. The summed E-state index contributed by atoms with van der Waals surface area (Å²) in [5.41, 5.74) is 4.37. The molecule has 0 saturated heterocycles. The summed E-state index contributed by atoms with van der Waals surface area (Å²) in [6, 6.07) is 4.65. The van der Waals surface area contributed by atoms with Gasteiger partial charge in [-0.3, -0.25) is 4.79 Å². The van der Waals surface area contributed by atoms with Crippen molar-refractivity contribution in [2.45, 2.75) is 13.0 Å². The molecule has 0 spiro atoms. The molecule has 1 rings (SSSR count). The fourth-order valence-corrected chi connectivity index (χ4v) is 1.53. The van der Waals surface area contributed by atoms with Gasteiger partial charge in [0.05, 0.1) is 0 Å². The smallest absolute Gasteiger partial charge is 0.349 e. The van der Waals surface area contributed by atoms with Gasteiger partial charge in [0.15, 0.2) is 0 Å². The van der Waals surface area contributed by atoms with Crippen LogP contribution >= 0.6 is 12.6 Å². The van der Waals surface area contributed by atoms with Gasteiger partial charge in [0, 0.05) is 12.7 Å². The minimum atomic E-state index is -1.02. The second-order valence-electron chi connectivity index (χ2n) is 3.66. The number of rotatable bonds is 4. The molecule has 116 valence electrons. The van der Waals surface area contributed by atoms with Gasteiger partial charge in [-0.15, -0.1) is 0 Å². The third-order valence-corrected chi connectivity index (χ3v) is 2.53. The molecule has 4 N–H and O–H groups in total. The molecule has 1 atom stereocenters. The second-order valence-corrected chi connectivity index (χ2v) is 4.03. The number of benzene rings is 1. The van der Waals surface area contributed by atoms with E-state index in [1.165, 1.54) is 38.2 Å². The van der Waals surface area contributed by atoms with E-state index in [0.29, 0.717) is 0 Å². The largest absolute Gasteiger partial charge is 0.507 e. The molecule has 0 aliphatic carbocycles. The van der Waals surface area contributed by atoms with E-state index in [4.69, 9.17) is 0 Å². The average molecular weight is 314 g/mol. The first-order valence-electron chi connectivity index (χ1n) is 5.95. The zero-order valence-electron chi connectivity index (χ0n) is 11.7. The van der Waals surface area contributed by atoms with Crippen molar-refractivity contribution >= 4 is 30.5 Å². The third-order valence-electron chi connectivity index (χ3n) is 2.16. The molecule has 7 nitrogen and oxygen atoms in total. The van der Waals surface area contributed by atoms with Gasteiger partial charge < -0.3 is 20.9 Å². The number of carbonyl (C=O) groups excluding carboxylic acids is 3. The Kier molecular flexibility index (Phi) is 8.82. The van der Waals surface area contributed by atoms with E-state index >= 15 is 0 Å². The number of hydrogen-bond donors (Lipinski definition) is 4. The fraction of sp³-hybridized carbons (Fsp3) is 0.308. The summed E-state index contributed by atoms with van der Waals surface area (Å²) >= 11 is 3.88. The molecule has 0 aromatic heterocycles. The Bertz CT molecular complexity index is 507. The number of nitrogens with one attached hydrogen (secondary N) is 1. The highest BCUT2D eigenvalue weighted by Gasteiger charge is 2.24. The zero-order valence-corrected chi connectivity index (χ0v) is 12.6. The molecular weight excluding hydrogens is 296 g/mol. The summed E-state index contributed by atoms with van der Waals surface area (Å²) in [5, 5.41) is 11.7. The van der Waals surface area contributed by atoms with Crippen LogP contribution in [0, 0.1) is 0 Å². The van der Waals surface area contributed by atoms with Gasteiger partial charge in [-0.05, 0) is 19.2 Å². The SMILES string of the molecule is CC(=O)NC(CS)C(=O)OC(=O)c1ccccc1O.CN. The molecule has 0 bridgehead atoms. The van der Waals surface area contributed by atoms with Crippen LogP contribution in [0.3, 0.4) is 0 Å². The minimum absolute atomic E-state index is 0.00748. The number of phenolic OH excluding ortho intramolecular Hbond substituents is 1. The van der Waals surface area contributed by atoms with Crippen LogP contribution in [0.1, 0.15) is 17.3 Å². The molecule has 0 aliphatic rings. The van der Waals surface area contributed by atoms with Crippen LogP contribution in [0.2, 0.25) is 0 Å². The Morgan fingerprint density at radius 3 is 2.38 bits per heavy atom. The number of carbonyl (C=O) groups is 3. The number of aromatic hydroxyl groups is 1. The lowest BCUT2D eigenvalue weighted by Crippen LogP contribution is -2.42. The number of nitrogens with two attached hydrogens (primary N) is 1. The number of amides is 1. The van der Waals surface area contributed by atoms with E-state index in [2.05, 4.69) is 28.4 Å². The highest BCUT2D eigenvalue weighted by atomic mass is 32.1. The molecule has 1 aromatic rings. The lowest BCUT2D eigenvalue weighted by Gasteiger charge is -2.13. The van der Waals surface area contributed by atoms with Gasteiger partial charge >= 0.3 is 11.9 Å². The third kappa shape index (κ3) is 6.28. The standard InChI is InChI=1S/C12H13NO5S.CH5N/c1-7(14)13-9(6-19)12(17)18-11(16)8-4-2-3-5-10(8)15;1-2/h2-5,9,15,19H,6H2,1H3,(H,13,14);2H2,1H3. The van der Waals surface area contributed by atoms with Crippen LogP contribution in [0.15, 0.2) is 24.3 Å². The van der Waals surface area contributed by atoms with Crippen LogP contribution in [0.4, 0.5) is 0 Å². The van der Waals surface area contributed by atoms with Crippen LogP contribution < -0.4 is 11.1 Å². The summed E-state index contributed by atoms with van der Waals surface area (Å²) in [6.07, 6.45) is 0. The molecule has 0 radical (unpaired) electrons. The van der Waals surface area contributed by atoms with Crippen molar-refractivity contribution in [3.63, 3.8) is 0 Å². The molecule has 0 fully saturated rings. The minimum Gasteiger partial charge on any atom is -0.507 e. The van der Waals surface area contributed by atoms with Gasteiger partial charge in [-0.1, -0.05) is 12.1 Å². The van der Waals surface area contributed by atoms with E-state index in [-0.39, 0.29) is 17.1 Å². The first kappa shape index (κ1) is 18.9. The van der Waals surface area contributed by atoms with Crippen molar-refractivity contribution in [2.75, 3.05) is 12.8 Å². The maximum atomic E-state index is 11.6. The van der Waals surface area contributed by atoms with E-state index in [1.807, 2.05) is 0 Å². The molecule has 0 saturated carbocycles. The van der Waals surface area contributed by atoms with Crippen molar-refractivity contribution in [2.24, 2.45) is 5.73 Å². The Morgan fingerprint density at radius 1 is 1.33 bits per heavy atom. The molecule has 0 heterocycles. The molecule has 1 amide bonds. The van der Waals surface area contributed by atoms with Crippen LogP contribution in [-0.4, -0.2) is 41.8 Å². The van der Waals surface area contributed by atoms with Crippen LogP contribution in [-0.2, 0) is 14.3 Å². The highest BCUT2D eigenvalue weighted by Crippen LogP contribution is 2.16. The summed E-state index contributed by atoms with van der Waals surface area (Å²) < 4.78 is 4.57. The highest BCUT2D eigenvalue weighted by molar-refractivity contribution is 7.80. The maximum Gasteiger partial charge on any atom is 0.349 e. The predicted octanol–water partition coefficient (Wildman–Crippen LogP) is 0.0850. The van der Waals surface area contributed by atoms with Gasteiger partial charge in [-0.25, -0.2) is 9.59 Å². The summed E-state index contributed by atoms with van der Waals surface area (Å²) in [6.45, 7) is 1.23. The summed E-state index contributed by atoms with van der Waals surface area (Å²) in [4.78, 5) is 34.1. The first-order chi connectivity index (χ1) is 9.95. The second kappa shape index (κ2) is 9.78. The Morgan fingerprint density at radius 2 is 1.90 bits per heavy atom. The van der Waals surface area contributed by atoms with Crippen molar-refractivity contribution < 1.29 is 24.2 Å². The number of ether oxygens (including phenoxy) is 1. The number of esters is 2. The maximum absolute atomic E-state index is 11.6. The van der Waals surface area contributed by atoms with Crippen molar-refractivity contribution in [3.05, 3.63) is 29.8 Å². The number of phenols is 1. The molecule has 21 heavy (non-hydrogen) atoms. The van der Waals surface area contributed by atoms with Crippen LogP contribution in [0.25, 0.3) is 0 Å².